The number of carbonyl (C=O) groups excluding carboxylic acids is 1. The van der Waals surface area contributed by atoms with Gasteiger partial charge < -0.3 is 10.6 Å². The molecule has 2 heterocycles. The Bertz CT molecular complexity index is 886. The van der Waals surface area contributed by atoms with Gasteiger partial charge in [0.2, 0.25) is 0 Å². The Hall–Kier alpha value is -2.96. The maximum Gasteiger partial charge on any atom is 0.251 e. The minimum absolute atomic E-state index is 0.0631. The highest BCUT2D eigenvalue weighted by atomic mass is 16.1. The number of carbonyl (C=O) groups is 1. The van der Waals surface area contributed by atoms with E-state index in [0.717, 1.165) is 22.4 Å². The van der Waals surface area contributed by atoms with Crippen LogP contribution in [-0.4, -0.2) is 32.2 Å². The van der Waals surface area contributed by atoms with Gasteiger partial charge in [0.05, 0.1) is 11.6 Å². The van der Waals surface area contributed by atoms with Gasteiger partial charge in [0.25, 0.3) is 5.91 Å². The number of aryl methyl sites for hydroxylation is 2. The van der Waals surface area contributed by atoms with Crippen LogP contribution >= 0.6 is 0 Å². The molecule has 0 spiro atoms. The van der Waals surface area contributed by atoms with Crippen molar-refractivity contribution in [3.63, 3.8) is 0 Å². The maximum atomic E-state index is 11.9. The second-order valence-electron chi connectivity index (χ2n) is 5.54. The molecule has 0 unspecified atom stereocenters. The lowest BCUT2D eigenvalue weighted by Crippen LogP contribution is -2.22. The lowest BCUT2D eigenvalue weighted by Gasteiger charge is -2.09. The largest absolute Gasteiger partial charge is 0.365 e. The van der Waals surface area contributed by atoms with E-state index in [1.807, 2.05) is 45.2 Å². The number of rotatable bonds is 5. The molecule has 0 bridgehead atoms. The number of nitrogens with one attached hydrogen (secondary N) is 2. The zero-order chi connectivity index (χ0) is 17.1. The molecule has 1 amide bonds. The summed E-state index contributed by atoms with van der Waals surface area (Å²) in [6, 6.07) is 7.55. The lowest BCUT2D eigenvalue weighted by atomic mass is 10.1. The monoisotopic (exact) mass is 324 g/mol. The van der Waals surface area contributed by atoms with Crippen LogP contribution in [0, 0.1) is 6.92 Å². The Balaban J connectivity index is 1.81. The zero-order valence-electron chi connectivity index (χ0n) is 14.0. The molecule has 0 radical (unpaired) electrons. The fraction of sp³-hybridized carbons (Fsp3) is 0.294. The number of aromatic nitrogens is 4. The van der Waals surface area contributed by atoms with E-state index in [1.54, 1.807) is 10.9 Å². The first-order valence-corrected chi connectivity index (χ1v) is 7.86. The van der Waals surface area contributed by atoms with Crippen LogP contribution in [0.5, 0.6) is 0 Å². The second-order valence-corrected chi connectivity index (χ2v) is 5.54. The molecule has 0 aliphatic heterocycles. The molecule has 2 aromatic heterocycles. The molecule has 1 aromatic carbocycles. The van der Waals surface area contributed by atoms with E-state index < -0.39 is 0 Å². The minimum Gasteiger partial charge on any atom is -0.365 e. The Labute approximate surface area is 140 Å². The first-order valence-electron chi connectivity index (χ1n) is 7.86. The second kappa shape index (κ2) is 6.66. The highest BCUT2D eigenvalue weighted by molar-refractivity contribution is 5.94. The summed E-state index contributed by atoms with van der Waals surface area (Å²) in [7, 11) is 1.86. The molecule has 24 heavy (non-hydrogen) atoms. The summed E-state index contributed by atoms with van der Waals surface area (Å²) in [6.45, 7) is 4.93. The van der Waals surface area contributed by atoms with Gasteiger partial charge in [0, 0.05) is 25.7 Å². The smallest absolute Gasteiger partial charge is 0.251 e. The third kappa shape index (κ3) is 3.19. The Kier molecular flexibility index (Phi) is 4.41. The summed E-state index contributed by atoms with van der Waals surface area (Å²) in [5.41, 5.74) is 2.45. The first-order chi connectivity index (χ1) is 11.6. The van der Waals surface area contributed by atoms with Crippen molar-refractivity contribution >= 4 is 22.8 Å². The number of anilines is 1. The highest BCUT2D eigenvalue weighted by Crippen LogP contribution is 2.20. The Morgan fingerprint density at radius 1 is 1.29 bits per heavy atom. The first kappa shape index (κ1) is 15.9. The van der Waals surface area contributed by atoms with Crippen LogP contribution in [0.25, 0.3) is 11.0 Å². The van der Waals surface area contributed by atoms with E-state index in [2.05, 4.69) is 25.7 Å². The van der Waals surface area contributed by atoms with E-state index in [-0.39, 0.29) is 5.91 Å². The van der Waals surface area contributed by atoms with Crippen LogP contribution in [0.15, 0.2) is 30.5 Å². The highest BCUT2D eigenvalue weighted by Gasteiger charge is 2.10. The molecule has 0 aliphatic carbocycles. The summed E-state index contributed by atoms with van der Waals surface area (Å²) in [5.74, 6) is 1.37. The van der Waals surface area contributed by atoms with Gasteiger partial charge in [0.15, 0.2) is 5.65 Å². The van der Waals surface area contributed by atoms with Crippen LogP contribution in [0.3, 0.4) is 0 Å². The summed E-state index contributed by atoms with van der Waals surface area (Å²) >= 11 is 0. The molecule has 0 saturated heterocycles. The standard InChI is InChI=1S/C17H20N6O/c1-4-18-17(24)13-7-5-6-12(8-13)9-19-15-14-10-20-23(3)16(14)22-11(2)21-15/h5-8,10H,4,9H2,1-3H3,(H,18,24)(H,19,21,22). The molecule has 2 N–H and O–H groups in total. The summed E-state index contributed by atoms with van der Waals surface area (Å²) < 4.78 is 1.73. The van der Waals surface area contributed by atoms with Gasteiger partial charge in [0.1, 0.15) is 11.6 Å². The molecule has 124 valence electrons. The van der Waals surface area contributed by atoms with Gasteiger partial charge in [-0.2, -0.15) is 5.10 Å². The minimum atomic E-state index is -0.0631. The third-order valence-electron chi connectivity index (χ3n) is 3.69. The van der Waals surface area contributed by atoms with E-state index >= 15 is 0 Å². The van der Waals surface area contributed by atoms with Crippen molar-refractivity contribution in [1.29, 1.82) is 0 Å². The van der Waals surface area contributed by atoms with Gasteiger partial charge >= 0.3 is 0 Å². The molecule has 0 atom stereocenters. The van der Waals surface area contributed by atoms with E-state index in [0.29, 0.717) is 24.5 Å². The molecule has 3 rings (SSSR count). The van der Waals surface area contributed by atoms with Crippen molar-refractivity contribution in [3.05, 3.63) is 47.4 Å². The van der Waals surface area contributed by atoms with Crippen molar-refractivity contribution in [2.45, 2.75) is 20.4 Å². The van der Waals surface area contributed by atoms with E-state index in [1.165, 1.54) is 0 Å². The topological polar surface area (TPSA) is 84.7 Å². The summed E-state index contributed by atoms with van der Waals surface area (Å²) in [6.07, 6.45) is 1.75. The van der Waals surface area contributed by atoms with Crippen LogP contribution < -0.4 is 10.6 Å². The average Bonchev–Trinajstić information content (AvgIpc) is 2.94. The molecule has 7 nitrogen and oxygen atoms in total. The van der Waals surface area contributed by atoms with Crippen LogP contribution in [0.2, 0.25) is 0 Å². The number of amides is 1. The van der Waals surface area contributed by atoms with Crippen molar-refractivity contribution in [2.24, 2.45) is 7.05 Å². The van der Waals surface area contributed by atoms with Crippen LogP contribution in [-0.2, 0) is 13.6 Å². The van der Waals surface area contributed by atoms with E-state index in [4.69, 9.17) is 0 Å². The number of nitrogens with zero attached hydrogens (tertiary/aromatic N) is 4. The predicted octanol–water partition coefficient (Wildman–Crippen LogP) is 2.03. The fourth-order valence-corrected chi connectivity index (χ4v) is 2.54. The summed E-state index contributed by atoms with van der Waals surface area (Å²) in [4.78, 5) is 20.8. The Morgan fingerprint density at radius 2 is 2.12 bits per heavy atom. The Morgan fingerprint density at radius 3 is 2.92 bits per heavy atom. The predicted molar refractivity (Wildman–Crippen MR) is 92.8 cm³/mol. The summed E-state index contributed by atoms with van der Waals surface area (Å²) in [5, 5.41) is 11.2. The molecule has 3 aromatic rings. The van der Waals surface area contributed by atoms with Gasteiger partial charge in [-0.1, -0.05) is 12.1 Å². The quantitative estimate of drug-likeness (QED) is 0.750. The average molecular weight is 324 g/mol. The lowest BCUT2D eigenvalue weighted by molar-refractivity contribution is 0.0955. The maximum absolute atomic E-state index is 11.9. The van der Waals surface area contributed by atoms with Crippen molar-refractivity contribution in [3.8, 4) is 0 Å². The molecular formula is C17H20N6O. The zero-order valence-corrected chi connectivity index (χ0v) is 14.0. The van der Waals surface area contributed by atoms with Crippen LogP contribution in [0.4, 0.5) is 5.82 Å². The molecule has 7 heteroatoms. The van der Waals surface area contributed by atoms with Gasteiger partial charge in [-0.15, -0.1) is 0 Å². The van der Waals surface area contributed by atoms with E-state index in [9.17, 15) is 4.79 Å². The molecule has 0 saturated carbocycles. The number of fused-ring (bicyclic) bond motifs is 1. The SMILES string of the molecule is CCNC(=O)c1cccc(CNc2nc(C)nc3c2cnn3C)c1. The number of hydrogen-bond acceptors (Lipinski definition) is 5. The molecular weight excluding hydrogens is 304 g/mol. The normalized spacial score (nSPS) is 10.8. The van der Waals surface area contributed by atoms with Crippen molar-refractivity contribution < 1.29 is 4.79 Å². The fourth-order valence-electron chi connectivity index (χ4n) is 2.54. The van der Waals surface area contributed by atoms with Gasteiger partial charge in [-0.25, -0.2) is 9.97 Å². The molecule has 0 fully saturated rings. The van der Waals surface area contributed by atoms with Crippen molar-refractivity contribution in [1.82, 2.24) is 25.1 Å². The van der Waals surface area contributed by atoms with Gasteiger partial charge in [-0.3, -0.25) is 9.48 Å². The van der Waals surface area contributed by atoms with Gasteiger partial charge in [-0.05, 0) is 31.5 Å². The number of benzene rings is 1. The number of hydrogen-bond donors (Lipinski definition) is 2. The third-order valence-corrected chi connectivity index (χ3v) is 3.69. The van der Waals surface area contributed by atoms with Crippen molar-refractivity contribution in [2.75, 3.05) is 11.9 Å². The van der Waals surface area contributed by atoms with Crippen LogP contribution in [0.1, 0.15) is 28.7 Å². The molecule has 0 aliphatic rings.